The smallest absolute Gasteiger partial charge is 0.320 e. The zero-order valence-electron chi connectivity index (χ0n) is 17.8. The molecule has 32 heavy (non-hydrogen) atoms. The lowest BCUT2D eigenvalue weighted by molar-refractivity contribution is -0.138. The van der Waals surface area contributed by atoms with Gasteiger partial charge in [-0.25, -0.2) is 4.98 Å². The molecule has 4 aromatic rings. The van der Waals surface area contributed by atoms with E-state index in [-0.39, 0.29) is 6.42 Å². The number of aromatic nitrogens is 2. The van der Waals surface area contributed by atoms with Crippen molar-refractivity contribution in [1.82, 2.24) is 9.55 Å². The van der Waals surface area contributed by atoms with Crippen LogP contribution in [0.1, 0.15) is 22.4 Å². The molecule has 0 fully saturated rings. The molecule has 0 aliphatic heterocycles. The van der Waals surface area contributed by atoms with Crippen LogP contribution in [0.4, 0.5) is 0 Å². The fourth-order valence-corrected chi connectivity index (χ4v) is 4.10. The molecule has 3 N–H and O–H groups in total. The summed E-state index contributed by atoms with van der Waals surface area (Å²) < 4.78 is 7.41. The molecule has 0 radical (unpaired) electrons. The Hall–Kier alpha value is -3.90. The van der Waals surface area contributed by atoms with Crippen molar-refractivity contribution < 1.29 is 14.6 Å². The summed E-state index contributed by atoms with van der Waals surface area (Å²) in [6, 6.07) is 27.3. The second-order valence-electron chi connectivity index (χ2n) is 7.59. The van der Waals surface area contributed by atoms with Crippen LogP contribution in [-0.4, -0.2) is 33.8 Å². The van der Waals surface area contributed by atoms with Gasteiger partial charge in [0.2, 0.25) is 0 Å². The number of carbonyl (C=O) groups is 1. The number of aliphatic carboxylic acids is 1. The molecule has 0 spiro atoms. The second kappa shape index (κ2) is 9.08. The van der Waals surface area contributed by atoms with Gasteiger partial charge in [-0.15, -0.1) is 0 Å². The van der Waals surface area contributed by atoms with E-state index in [0.29, 0.717) is 5.69 Å². The zero-order chi connectivity index (χ0) is 22.6. The Balaban J connectivity index is 1.97. The van der Waals surface area contributed by atoms with Crippen molar-refractivity contribution in [1.29, 1.82) is 0 Å². The molecule has 3 aromatic carbocycles. The van der Waals surface area contributed by atoms with E-state index in [1.807, 2.05) is 71.4 Å². The number of hydrogen-bond acceptors (Lipinski definition) is 4. The van der Waals surface area contributed by atoms with Crippen molar-refractivity contribution in [2.45, 2.75) is 18.0 Å². The van der Waals surface area contributed by atoms with Gasteiger partial charge in [0.25, 0.3) is 0 Å². The highest BCUT2D eigenvalue weighted by Gasteiger charge is 2.38. The first kappa shape index (κ1) is 21.3. The number of rotatable bonds is 8. The Bertz CT molecular complexity index is 1130. The van der Waals surface area contributed by atoms with Gasteiger partial charge < -0.3 is 20.1 Å². The lowest BCUT2D eigenvalue weighted by Gasteiger charge is -2.37. The van der Waals surface area contributed by atoms with Gasteiger partial charge in [-0.2, -0.15) is 0 Å². The number of hydrogen-bond donors (Lipinski definition) is 2. The number of carboxylic acids is 1. The number of benzene rings is 3. The van der Waals surface area contributed by atoms with Gasteiger partial charge in [-0.05, 0) is 28.8 Å². The van der Waals surface area contributed by atoms with E-state index in [1.165, 1.54) is 0 Å². The second-order valence-corrected chi connectivity index (χ2v) is 7.59. The molecule has 0 bridgehead atoms. The summed E-state index contributed by atoms with van der Waals surface area (Å²) >= 11 is 0. The van der Waals surface area contributed by atoms with Gasteiger partial charge in [0.05, 0.1) is 19.1 Å². The molecule has 1 aromatic heterocycles. The van der Waals surface area contributed by atoms with Crippen molar-refractivity contribution in [3.05, 3.63) is 120 Å². The quantitative estimate of drug-likeness (QED) is 0.419. The molecule has 6 heteroatoms. The third-order valence-electron chi connectivity index (χ3n) is 5.66. The molecule has 162 valence electrons. The molecule has 0 unspecified atom stereocenters. The third kappa shape index (κ3) is 3.88. The number of carboxylic acid groups (broad SMARTS) is 1. The molecule has 1 atom stereocenters. The Morgan fingerprint density at radius 2 is 1.50 bits per heavy atom. The highest BCUT2D eigenvalue weighted by molar-refractivity contribution is 5.73. The molecule has 6 nitrogen and oxygen atoms in total. The Morgan fingerprint density at radius 3 is 2.00 bits per heavy atom. The Labute approximate surface area is 186 Å². The highest BCUT2D eigenvalue weighted by atomic mass is 16.5. The number of ether oxygens (including phenoxy) is 1. The summed E-state index contributed by atoms with van der Waals surface area (Å²) in [6.45, 7) is 0. The minimum Gasteiger partial charge on any atom is -0.497 e. The first-order chi connectivity index (χ1) is 15.6. The molecular weight excluding hydrogens is 402 g/mol. The number of nitrogens with zero attached hydrogens (tertiary/aromatic N) is 2. The normalized spacial score (nSPS) is 12.3. The minimum atomic E-state index is -1.05. The number of imidazole rings is 1. The average molecular weight is 428 g/mol. The van der Waals surface area contributed by atoms with Gasteiger partial charge in [0.15, 0.2) is 0 Å². The van der Waals surface area contributed by atoms with Crippen molar-refractivity contribution in [2.75, 3.05) is 7.11 Å². The van der Waals surface area contributed by atoms with Gasteiger partial charge in [-0.3, -0.25) is 4.79 Å². The SMILES string of the molecule is COc1ccc(C(c2ccccc2)(c2ccccc2)n2cnc(C[C@H](N)C(=O)O)c2)cc1. The van der Waals surface area contributed by atoms with Gasteiger partial charge >= 0.3 is 5.97 Å². The van der Waals surface area contributed by atoms with Crippen LogP contribution < -0.4 is 10.5 Å². The maximum atomic E-state index is 11.3. The summed E-state index contributed by atoms with van der Waals surface area (Å²) in [5.74, 6) is -0.283. The highest BCUT2D eigenvalue weighted by Crippen LogP contribution is 2.41. The van der Waals surface area contributed by atoms with E-state index in [9.17, 15) is 9.90 Å². The molecular formula is C26H25N3O3. The minimum absolute atomic E-state index is 0.143. The molecule has 0 aliphatic carbocycles. The van der Waals surface area contributed by atoms with Crippen molar-refractivity contribution in [2.24, 2.45) is 5.73 Å². The van der Waals surface area contributed by atoms with Crippen LogP contribution in [0.3, 0.4) is 0 Å². The van der Waals surface area contributed by atoms with Gasteiger partial charge in [0.1, 0.15) is 17.3 Å². The average Bonchev–Trinajstić information content (AvgIpc) is 3.30. The maximum absolute atomic E-state index is 11.3. The monoisotopic (exact) mass is 427 g/mol. The van der Waals surface area contributed by atoms with Crippen LogP contribution in [0.2, 0.25) is 0 Å². The fraction of sp³-hybridized carbons (Fsp3) is 0.154. The standard InChI is InChI=1S/C26H25N3O3/c1-32-23-14-12-21(13-15-23)26(19-8-4-2-5-9-19,20-10-6-3-7-11-20)29-17-22(28-18-29)16-24(27)25(30)31/h2-15,17-18,24H,16,27H2,1H3,(H,30,31)/t24-/m0/s1. The molecule has 0 aliphatic rings. The van der Waals surface area contributed by atoms with Crippen LogP contribution in [0, 0.1) is 0 Å². The Kier molecular flexibility index (Phi) is 6.05. The van der Waals surface area contributed by atoms with Crippen molar-refractivity contribution in [3.8, 4) is 5.75 Å². The van der Waals surface area contributed by atoms with E-state index in [2.05, 4.69) is 29.2 Å². The largest absolute Gasteiger partial charge is 0.497 e. The van der Waals surface area contributed by atoms with Gasteiger partial charge in [0, 0.05) is 12.6 Å². The summed E-state index contributed by atoms with van der Waals surface area (Å²) in [5, 5.41) is 9.22. The molecule has 1 heterocycles. The van der Waals surface area contributed by atoms with E-state index < -0.39 is 17.6 Å². The topological polar surface area (TPSA) is 90.4 Å². The van der Waals surface area contributed by atoms with Crippen molar-refractivity contribution in [3.63, 3.8) is 0 Å². The predicted octanol–water partition coefficient (Wildman–Crippen LogP) is 3.69. The molecule has 4 rings (SSSR count). The number of methoxy groups -OCH3 is 1. The van der Waals surface area contributed by atoms with Crippen molar-refractivity contribution >= 4 is 5.97 Å². The lowest BCUT2D eigenvalue weighted by Crippen LogP contribution is -2.37. The molecule has 0 amide bonds. The lowest BCUT2D eigenvalue weighted by atomic mass is 9.76. The van der Waals surface area contributed by atoms with E-state index >= 15 is 0 Å². The zero-order valence-corrected chi connectivity index (χ0v) is 17.8. The van der Waals surface area contributed by atoms with E-state index in [0.717, 1.165) is 22.4 Å². The Morgan fingerprint density at radius 1 is 0.969 bits per heavy atom. The van der Waals surface area contributed by atoms with E-state index in [4.69, 9.17) is 10.5 Å². The summed E-state index contributed by atoms with van der Waals surface area (Å²) in [4.78, 5) is 15.8. The molecule has 0 saturated heterocycles. The van der Waals surface area contributed by atoms with E-state index in [1.54, 1.807) is 13.4 Å². The van der Waals surface area contributed by atoms with Crippen LogP contribution in [0.25, 0.3) is 0 Å². The summed E-state index contributed by atoms with van der Waals surface area (Å²) in [6.07, 6.45) is 3.77. The predicted molar refractivity (Wildman–Crippen MR) is 123 cm³/mol. The van der Waals surface area contributed by atoms with Crippen LogP contribution in [-0.2, 0) is 16.8 Å². The maximum Gasteiger partial charge on any atom is 0.320 e. The van der Waals surface area contributed by atoms with Crippen LogP contribution in [0.5, 0.6) is 5.75 Å². The third-order valence-corrected chi connectivity index (χ3v) is 5.66. The summed E-state index contributed by atoms with van der Waals surface area (Å²) in [7, 11) is 1.64. The van der Waals surface area contributed by atoms with Gasteiger partial charge in [-0.1, -0.05) is 72.8 Å². The number of nitrogens with two attached hydrogens (primary N) is 1. The van der Waals surface area contributed by atoms with Crippen LogP contribution >= 0.6 is 0 Å². The molecule has 0 saturated carbocycles. The first-order valence-electron chi connectivity index (χ1n) is 10.3. The fourth-order valence-electron chi connectivity index (χ4n) is 4.10. The first-order valence-corrected chi connectivity index (χ1v) is 10.3. The van der Waals surface area contributed by atoms with Crippen LogP contribution in [0.15, 0.2) is 97.5 Å². The summed E-state index contributed by atoms with van der Waals surface area (Å²) in [5.41, 5.74) is 8.76.